The molecule has 2 heterocycles. The fourth-order valence-electron chi connectivity index (χ4n) is 3.58. The zero-order valence-corrected chi connectivity index (χ0v) is 21.7. The summed E-state index contributed by atoms with van der Waals surface area (Å²) in [5, 5.41) is 0.297. The summed E-state index contributed by atoms with van der Waals surface area (Å²) in [6, 6.07) is 8.14. The molecule has 8 nitrogen and oxygen atoms in total. The van der Waals surface area contributed by atoms with Gasteiger partial charge in [-0.1, -0.05) is 13.8 Å². The lowest BCUT2D eigenvalue weighted by Gasteiger charge is -2.15. The average Bonchev–Trinajstić information content (AvgIpc) is 3.30. The Morgan fingerprint density at radius 2 is 1.73 bits per heavy atom. The molecule has 0 spiro atoms. The van der Waals surface area contributed by atoms with Crippen LogP contribution in [-0.4, -0.2) is 36.8 Å². The van der Waals surface area contributed by atoms with Crippen LogP contribution in [0.5, 0.6) is 11.5 Å². The molecule has 0 bridgehead atoms. The van der Waals surface area contributed by atoms with Crippen molar-refractivity contribution in [2.45, 2.75) is 25.7 Å². The van der Waals surface area contributed by atoms with Crippen LogP contribution in [0, 0.1) is 11.6 Å². The van der Waals surface area contributed by atoms with E-state index in [-0.39, 0.29) is 41.2 Å². The van der Waals surface area contributed by atoms with Crippen molar-refractivity contribution in [2.75, 3.05) is 12.9 Å². The quantitative estimate of drug-likeness (QED) is 0.329. The second kappa shape index (κ2) is 11.0. The van der Waals surface area contributed by atoms with Gasteiger partial charge >= 0.3 is 5.97 Å². The first-order chi connectivity index (χ1) is 17.5. The number of benzene rings is 2. The standard InChI is InChI=1S/C24H20F2N2O6S.C2H6.H2/c1-4-33-24(30)19-11-16-17(12-28(2)23(29)22(16)27-19)15-10-14(35(3,31)32)6-8-20(15)34-21-7-5-13(25)9-18(21)26;1-2;/h5-12,27H,4H2,1-3H3;1-2H3;1H. The maximum absolute atomic E-state index is 14.3. The SMILES string of the molecule is CC.CCOC(=O)c1cc2c(-c3cc(S(C)(=O)=O)ccc3Oc3ccc(F)cc3F)cn(C)c(=O)c2[nH]1.[HH]. The van der Waals surface area contributed by atoms with Crippen LogP contribution in [0.15, 0.2) is 58.4 Å². The Kier molecular flexibility index (Phi) is 8.17. The number of halogens is 2. The molecule has 0 aliphatic carbocycles. The lowest BCUT2D eigenvalue weighted by Crippen LogP contribution is -2.17. The number of esters is 1. The summed E-state index contributed by atoms with van der Waals surface area (Å²) in [6.45, 7) is 5.76. The lowest BCUT2D eigenvalue weighted by molar-refractivity contribution is 0.0520. The summed E-state index contributed by atoms with van der Waals surface area (Å²) in [5.74, 6) is -2.67. The number of rotatable bonds is 6. The fraction of sp³-hybridized carbons (Fsp3) is 0.231. The Labute approximate surface area is 213 Å². The number of hydrogen-bond acceptors (Lipinski definition) is 6. The third-order valence-corrected chi connectivity index (χ3v) is 6.35. The van der Waals surface area contributed by atoms with Crippen LogP contribution < -0.4 is 10.3 Å². The Balaban J connectivity index is 0.00000165. The molecule has 0 saturated carbocycles. The van der Waals surface area contributed by atoms with Crippen molar-refractivity contribution in [3.05, 3.63) is 76.3 Å². The molecule has 0 radical (unpaired) electrons. The number of nitrogens with zero attached hydrogens (tertiary/aromatic N) is 1. The summed E-state index contributed by atoms with van der Waals surface area (Å²) in [4.78, 5) is 27.7. The van der Waals surface area contributed by atoms with Crippen LogP contribution in [0.2, 0.25) is 0 Å². The summed E-state index contributed by atoms with van der Waals surface area (Å²) in [7, 11) is -2.17. The van der Waals surface area contributed by atoms with Gasteiger partial charge in [-0.15, -0.1) is 0 Å². The molecule has 0 atom stereocenters. The summed E-state index contributed by atoms with van der Waals surface area (Å²) < 4.78 is 64.2. The number of sulfone groups is 1. The Hall–Kier alpha value is -3.99. The van der Waals surface area contributed by atoms with Gasteiger partial charge in [0.05, 0.1) is 11.5 Å². The zero-order chi connectivity index (χ0) is 27.5. The van der Waals surface area contributed by atoms with E-state index in [0.29, 0.717) is 17.0 Å². The first-order valence-electron chi connectivity index (χ1n) is 11.4. The Morgan fingerprint density at radius 1 is 1.05 bits per heavy atom. The number of aryl methyl sites for hydroxylation is 1. The maximum atomic E-state index is 14.3. The normalized spacial score (nSPS) is 11.1. The van der Waals surface area contributed by atoms with Gasteiger partial charge in [0, 0.05) is 43.5 Å². The molecular weight excluding hydrogens is 506 g/mol. The predicted octanol–water partition coefficient (Wildman–Crippen LogP) is 5.46. The minimum Gasteiger partial charge on any atom is -0.461 e. The van der Waals surface area contributed by atoms with Gasteiger partial charge in [0.1, 0.15) is 22.8 Å². The number of H-pyrrole nitrogens is 1. The van der Waals surface area contributed by atoms with Gasteiger partial charge in [0.15, 0.2) is 21.4 Å². The van der Waals surface area contributed by atoms with Crippen molar-refractivity contribution >= 4 is 26.7 Å². The molecule has 0 saturated heterocycles. The van der Waals surface area contributed by atoms with Gasteiger partial charge in [0.25, 0.3) is 5.56 Å². The number of carbonyl (C=O) groups excluding carboxylic acids is 1. The zero-order valence-electron chi connectivity index (χ0n) is 20.9. The van der Waals surface area contributed by atoms with E-state index in [0.717, 1.165) is 18.4 Å². The first kappa shape index (κ1) is 27.6. The smallest absolute Gasteiger partial charge is 0.354 e. The third-order valence-electron chi connectivity index (χ3n) is 5.24. The predicted molar refractivity (Wildman–Crippen MR) is 138 cm³/mol. The molecule has 37 heavy (non-hydrogen) atoms. The summed E-state index contributed by atoms with van der Waals surface area (Å²) in [5.41, 5.74) is 0.198. The van der Waals surface area contributed by atoms with Crippen LogP contribution in [0.25, 0.3) is 22.0 Å². The minimum absolute atomic E-state index is 0. The molecule has 0 fully saturated rings. The van der Waals surface area contributed by atoms with E-state index < -0.39 is 33.0 Å². The number of aromatic amines is 1. The second-order valence-electron chi connectivity index (χ2n) is 7.76. The van der Waals surface area contributed by atoms with Crippen LogP contribution in [0.1, 0.15) is 32.7 Å². The molecule has 0 aliphatic heterocycles. The third kappa shape index (κ3) is 5.72. The maximum Gasteiger partial charge on any atom is 0.354 e. The highest BCUT2D eigenvalue weighted by molar-refractivity contribution is 7.90. The number of hydrogen-bond donors (Lipinski definition) is 1. The Bertz CT molecular complexity index is 1650. The number of pyridine rings is 1. The van der Waals surface area contributed by atoms with Gasteiger partial charge in [-0.3, -0.25) is 4.79 Å². The summed E-state index contributed by atoms with van der Waals surface area (Å²) >= 11 is 0. The van der Waals surface area contributed by atoms with Crippen LogP contribution in [-0.2, 0) is 21.6 Å². The molecule has 0 amide bonds. The van der Waals surface area contributed by atoms with Crippen molar-refractivity contribution in [3.63, 3.8) is 0 Å². The number of nitrogens with one attached hydrogen (secondary N) is 1. The van der Waals surface area contributed by atoms with Crippen LogP contribution in [0.3, 0.4) is 0 Å². The largest absolute Gasteiger partial charge is 0.461 e. The van der Waals surface area contributed by atoms with Gasteiger partial charge < -0.3 is 19.0 Å². The van der Waals surface area contributed by atoms with E-state index in [1.807, 2.05) is 13.8 Å². The van der Waals surface area contributed by atoms with Crippen molar-refractivity contribution < 1.29 is 32.9 Å². The van der Waals surface area contributed by atoms with E-state index in [9.17, 15) is 26.8 Å². The van der Waals surface area contributed by atoms with Crippen LogP contribution in [0.4, 0.5) is 8.78 Å². The molecule has 198 valence electrons. The minimum atomic E-state index is -3.65. The second-order valence-corrected chi connectivity index (χ2v) is 9.77. The molecule has 11 heteroatoms. The number of carbonyl (C=O) groups is 1. The van der Waals surface area contributed by atoms with E-state index >= 15 is 0 Å². The highest BCUT2D eigenvalue weighted by Gasteiger charge is 2.21. The van der Waals surface area contributed by atoms with E-state index in [1.165, 1.54) is 42.1 Å². The first-order valence-corrected chi connectivity index (χ1v) is 13.3. The molecular formula is C26H28F2N2O6S. The topological polar surface area (TPSA) is 107 Å². The number of fused-ring (bicyclic) bond motifs is 1. The van der Waals surface area contributed by atoms with Crippen LogP contribution >= 0.6 is 0 Å². The van der Waals surface area contributed by atoms with E-state index in [4.69, 9.17) is 9.47 Å². The van der Waals surface area contributed by atoms with Gasteiger partial charge in [-0.2, -0.15) is 0 Å². The molecule has 0 aliphatic rings. The van der Waals surface area contributed by atoms with Crippen molar-refractivity contribution in [1.29, 1.82) is 0 Å². The molecule has 2 aromatic heterocycles. The van der Waals surface area contributed by atoms with Crippen molar-refractivity contribution in [3.8, 4) is 22.6 Å². The highest BCUT2D eigenvalue weighted by atomic mass is 32.2. The fourth-order valence-corrected chi connectivity index (χ4v) is 4.23. The number of aromatic nitrogens is 2. The van der Waals surface area contributed by atoms with Gasteiger partial charge in [-0.05, 0) is 43.3 Å². The highest BCUT2D eigenvalue weighted by Crippen LogP contribution is 2.39. The summed E-state index contributed by atoms with van der Waals surface area (Å²) in [6.07, 6.45) is 2.47. The average molecular weight is 535 g/mol. The molecule has 4 aromatic rings. The molecule has 1 N–H and O–H groups in total. The Morgan fingerprint density at radius 3 is 2.35 bits per heavy atom. The van der Waals surface area contributed by atoms with Crippen molar-refractivity contribution in [1.82, 2.24) is 9.55 Å². The van der Waals surface area contributed by atoms with Gasteiger partial charge in [0.2, 0.25) is 0 Å². The van der Waals surface area contributed by atoms with Crippen molar-refractivity contribution in [2.24, 2.45) is 7.05 Å². The van der Waals surface area contributed by atoms with E-state index in [2.05, 4.69) is 4.98 Å². The monoisotopic (exact) mass is 534 g/mol. The molecule has 4 rings (SSSR count). The molecule has 2 aromatic carbocycles. The molecule has 0 unspecified atom stereocenters. The number of ether oxygens (including phenoxy) is 2. The van der Waals surface area contributed by atoms with Gasteiger partial charge in [-0.25, -0.2) is 22.0 Å². The lowest BCUT2D eigenvalue weighted by atomic mass is 10.0. The van der Waals surface area contributed by atoms with E-state index in [1.54, 1.807) is 6.92 Å².